The van der Waals surface area contributed by atoms with Crippen LogP contribution in [0.2, 0.25) is 0 Å². The van der Waals surface area contributed by atoms with Crippen LogP contribution in [0.25, 0.3) is 0 Å². The van der Waals surface area contributed by atoms with E-state index in [0.717, 1.165) is 19.4 Å². The van der Waals surface area contributed by atoms with Crippen LogP contribution in [0.4, 0.5) is 0 Å². The second kappa shape index (κ2) is 9.33. The van der Waals surface area contributed by atoms with Crippen LogP contribution < -0.4 is 10.6 Å². The summed E-state index contributed by atoms with van der Waals surface area (Å²) in [7, 11) is 0. The Morgan fingerprint density at radius 2 is 1.95 bits per heavy atom. The Labute approximate surface area is 125 Å². The van der Waals surface area contributed by atoms with Gasteiger partial charge in [-0.15, -0.1) is 0 Å². The SMILES string of the molecule is CCNC(=O)CNC(=O)CN1CCC[C@@H](C(=O)OCC)C1. The number of carbonyl (C=O) groups is 3. The van der Waals surface area contributed by atoms with Crippen LogP contribution in [0, 0.1) is 5.92 Å². The van der Waals surface area contributed by atoms with E-state index in [1.54, 1.807) is 6.92 Å². The summed E-state index contributed by atoms with van der Waals surface area (Å²) in [5.41, 5.74) is 0. The quantitative estimate of drug-likeness (QED) is 0.620. The van der Waals surface area contributed by atoms with Crippen molar-refractivity contribution >= 4 is 17.8 Å². The largest absolute Gasteiger partial charge is 0.466 e. The maximum absolute atomic E-state index is 11.8. The van der Waals surface area contributed by atoms with Gasteiger partial charge >= 0.3 is 5.97 Å². The van der Waals surface area contributed by atoms with Crippen molar-refractivity contribution in [3.8, 4) is 0 Å². The first kappa shape index (κ1) is 17.4. The molecule has 0 bridgehead atoms. The van der Waals surface area contributed by atoms with Gasteiger partial charge in [-0.2, -0.15) is 0 Å². The van der Waals surface area contributed by atoms with Gasteiger partial charge in [0.2, 0.25) is 11.8 Å². The highest BCUT2D eigenvalue weighted by Crippen LogP contribution is 2.17. The van der Waals surface area contributed by atoms with Crippen molar-refractivity contribution in [3.63, 3.8) is 0 Å². The monoisotopic (exact) mass is 299 g/mol. The second-order valence-electron chi connectivity index (χ2n) is 5.06. The Morgan fingerprint density at radius 1 is 1.19 bits per heavy atom. The molecule has 0 aromatic carbocycles. The van der Waals surface area contributed by atoms with Crippen LogP contribution >= 0.6 is 0 Å². The topological polar surface area (TPSA) is 87.7 Å². The maximum Gasteiger partial charge on any atom is 0.310 e. The van der Waals surface area contributed by atoms with Crippen molar-refractivity contribution in [1.82, 2.24) is 15.5 Å². The van der Waals surface area contributed by atoms with Gasteiger partial charge in [0.05, 0.1) is 25.6 Å². The lowest BCUT2D eigenvalue weighted by molar-refractivity contribution is -0.150. The third-order valence-corrected chi connectivity index (χ3v) is 3.31. The molecule has 1 atom stereocenters. The average Bonchev–Trinajstić information content (AvgIpc) is 2.46. The van der Waals surface area contributed by atoms with Crippen LogP contribution in [-0.4, -0.2) is 62.0 Å². The van der Waals surface area contributed by atoms with Crippen molar-refractivity contribution in [2.24, 2.45) is 5.92 Å². The molecule has 1 saturated heterocycles. The lowest BCUT2D eigenvalue weighted by Gasteiger charge is -2.30. The third-order valence-electron chi connectivity index (χ3n) is 3.31. The number of esters is 1. The summed E-state index contributed by atoms with van der Waals surface area (Å²) in [5.74, 6) is -0.750. The Bertz CT molecular complexity index is 373. The maximum atomic E-state index is 11.8. The number of nitrogens with one attached hydrogen (secondary N) is 2. The predicted molar refractivity (Wildman–Crippen MR) is 77.5 cm³/mol. The van der Waals surface area contributed by atoms with Gasteiger partial charge in [-0.3, -0.25) is 19.3 Å². The first-order valence-corrected chi connectivity index (χ1v) is 7.49. The highest BCUT2D eigenvalue weighted by molar-refractivity contribution is 5.85. The molecule has 1 fully saturated rings. The molecule has 0 saturated carbocycles. The van der Waals surface area contributed by atoms with Gasteiger partial charge in [0.1, 0.15) is 0 Å². The minimum atomic E-state index is -0.203. The minimum absolute atomic E-state index is 0.0121. The average molecular weight is 299 g/mol. The van der Waals surface area contributed by atoms with E-state index in [2.05, 4.69) is 10.6 Å². The fraction of sp³-hybridized carbons (Fsp3) is 0.786. The normalized spacial score (nSPS) is 18.9. The molecule has 2 N–H and O–H groups in total. The van der Waals surface area contributed by atoms with Crippen molar-refractivity contribution in [3.05, 3.63) is 0 Å². The highest BCUT2D eigenvalue weighted by Gasteiger charge is 2.27. The Balaban J connectivity index is 2.31. The zero-order chi connectivity index (χ0) is 15.7. The number of hydrogen-bond acceptors (Lipinski definition) is 5. The van der Waals surface area contributed by atoms with Crippen molar-refractivity contribution < 1.29 is 19.1 Å². The molecule has 21 heavy (non-hydrogen) atoms. The summed E-state index contributed by atoms with van der Waals surface area (Å²) in [6.45, 7) is 6.04. The molecule has 1 heterocycles. The zero-order valence-electron chi connectivity index (χ0n) is 12.8. The molecule has 0 radical (unpaired) electrons. The number of amides is 2. The molecule has 2 amide bonds. The highest BCUT2D eigenvalue weighted by atomic mass is 16.5. The van der Waals surface area contributed by atoms with E-state index in [1.165, 1.54) is 0 Å². The van der Waals surface area contributed by atoms with Crippen LogP contribution in [0.15, 0.2) is 0 Å². The molecule has 120 valence electrons. The first-order chi connectivity index (χ1) is 10.1. The van der Waals surface area contributed by atoms with Crippen LogP contribution in [-0.2, 0) is 19.1 Å². The van der Waals surface area contributed by atoms with E-state index in [1.807, 2.05) is 11.8 Å². The zero-order valence-corrected chi connectivity index (χ0v) is 12.8. The summed E-state index contributed by atoms with van der Waals surface area (Å²) in [4.78, 5) is 36.7. The van der Waals surface area contributed by atoms with Crippen molar-refractivity contribution in [1.29, 1.82) is 0 Å². The summed E-state index contributed by atoms with van der Waals surface area (Å²) >= 11 is 0. The van der Waals surface area contributed by atoms with Gasteiger partial charge in [0, 0.05) is 13.1 Å². The Kier molecular flexibility index (Phi) is 7.74. The minimum Gasteiger partial charge on any atom is -0.466 e. The fourth-order valence-corrected chi connectivity index (χ4v) is 2.35. The van der Waals surface area contributed by atoms with E-state index >= 15 is 0 Å². The van der Waals surface area contributed by atoms with E-state index in [9.17, 15) is 14.4 Å². The summed E-state index contributed by atoms with van der Waals surface area (Å²) < 4.78 is 5.02. The molecule has 1 aliphatic rings. The van der Waals surface area contributed by atoms with Crippen LogP contribution in [0.3, 0.4) is 0 Å². The molecule has 7 nitrogen and oxygen atoms in total. The number of hydrogen-bond donors (Lipinski definition) is 2. The summed E-state index contributed by atoms with van der Waals surface area (Å²) in [5, 5.41) is 5.19. The molecular weight excluding hydrogens is 274 g/mol. The number of rotatable bonds is 7. The molecule has 0 unspecified atom stereocenters. The summed E-state index contributed by atoms with van der Waals surface area (Å²) in [6, 6.07) is 0. The predicted octanol–water partition coefficient (Wildman–Crippen LogP) is -0.486. The van der Waals surface area contributed by atoms with E-state index in [-0.39, 0.29) is 36.8 Å². The fourth-order valence-electron chi connectivity index (χ4n) is 2.35. The number of nitrogens with zero attached hydrogens (tertiary/aromatic N) is 1. The molecule has 7 heteroatoms. The van der Waals surface area contributed by atoms with E-state index < -0.39 is 0 Å². The van der Waals surface area contributed by atoms with Gasteiger partial charge in [0.15, 0.2) is 0 Å². The number of carbonyl (C=O) groups excluding carboxylic acids is 3. The van der Waals surface area contributed by atoms with Crippen molar-refractivity contribution in [2.75, 3.05) is 39.3 Å². The lowest BCUT2D eigenvalue weighted by atomic mass is 9.98. The van der Waals surface area contributed by atoms with Gasteiger partial charge < -0.3 is 15.4 Å². The molecule has 1 aliphatic heterocycles. The number of piperidine rings is 1. The van der Waals surface area contributed by atoms with Gasteiger partial charge in [-0.1, -0.05) is 0 Å². The van der Waals surface area contributed by atoms with E-state index in [4.69, 9.17) is 4.74 Å². The standard InChI is InChI=1S/C14H25N3O4/c1-3-15-12(18)8-16-13(19)10-17-7-5-6-11(9-17)14(20)21-4-2/h11H,3-10H2,1-2H3,(H,15,18)(H,16,19)/t11-/m1/s1. The summed E-state index contributed by atoms with van der Waals surface area (Å²) in [6.07, 6.45) is 1.67. The van der Waals surface area contributed by atoms with Gasteiger partial charge in [-0.05, 0) is 33.2 Å². The van der Waals surface area contributed by atoms with Gasteiger partial charge in [0.25, 0.3) is 0 Å². The lowest BCUT2D eigenvalue weighted by Crippen LogP contribution is -2.46. The first-order valence-electron chi connectivity index (χ1n) is 7.49. The molecule has 0 aromatic rings. The Hall–Kier alpha value is -1.63. The van der Waals surface area contributed by atoms with Crippen LogP contribution in [0.5, 0.6) is 0 Å². The number of likely N-dealkylation sites (N-methyl/N-ethyl adjacent to an activating group) is 1. The van der Waals surface area contributed by atoms with E-state index in [0.29, 0.717) is 19.7 Å². The van der Waals surface area contributed by atoms with Crippen molar-refractivity contribution in [2.45, 2.75) is 26.7 Å². The molecule has 0 spiro atoms. The van der Waals surface area contributed by atoms with Crippen LogP contribution in [0.1, 0.15) is 26.7 Å². The second-order valence-corrected chi connectivity index (χ2v) is 5.06. The number of likely N-dealkylation sites (tertiary alicyclic amines) is 1. The molecule has 0 aromatic heterocycles. The molecule has 1 rings (SSSR count). The number of ether oxygens (including phenoxy) is 1. The van der Waals surface area contributed by atoms with Gasteiger partial charge in [-0.25, -0.2) is 0 Å². The Morgan fingerprint density at radius 3 is 2.62 bits per heavy atom. The smallest absolute Gasteiger partial charge is 0.310 e. The molecular formula is C14H25N3O4. The third kappa shape index (κ3) is 6.57. The molecule has 0 aliphatic carbocycles.